The van der Waals surface area contributed by atoms with Crippen LogP contribution in [0.5, 0.6) is 23.0 Å². The van der Waals surface area contributed by atoms with E-state index in [0.717, 1.165) is 0 Å². The van der Waals surface area contributed by atoms with Crippen LogP contribution in [0.15, 0.2) is 24.3 Å². The largest absolute Gasteiger partial charge is 0.504 e. The highest BCUT2D eigenvalue weighted by Crippen LogP contribution is 2.52. The van der Waals surface area contributed by atoms with Gasteiger partial charge in [-0.05, 0) is 24.3 Å². The number of aromatic hydroxyl groups is 4. The van der Waals surface area contributed by atoms with Crippen molar-refractivity contribution in [1.29, 1.82) is 0 Å². The first kappa shape index (κ1) is 14.1. The van der Waals surface area contributed by atoms with E-state index in [1.807, 2.05) is 0 Å². The van der Waals surface area contributed by atoms with Crippen LogP contribution in [-0.4, -0.2) is 33.0 Å². The van der Waals surface area contributed by atoms with Gasteiger partial charge in [0.1, 0.15) is 12.6 Å². The van der Waals surface area contributed by atoms with E-state index in [1.165, 1.54) is 24.3 Å². The normalized spacial score (nSPS) is 11.5. The average Bonchev–Trinajstić information content (AvgIpc) is 2.61. The summed E-state index contributed by atoms with van der Waals surface area (Å²) >= 11 is 0. The molecule has 0 heterocycles. The molecule has 118 valence electrons. The minimum atomic E-state index is -0.467. The highest BCUT2D eigenvalue weighted by atomic mass is 16.3. The number of rotatable bonds is 2. The molecule has 0 spiro atoms. The molecule has 0 unspecified atom stereocenters. The van der Waals surface area contributed by atoms with Gasteiger partial charge in [0.05, 0.1) is 0 Å². The van der Waals surface area contributed by atoms with Crippen molar-refractivity contribution in [3.63, 3.8) is 0 Å². The molecule has 0 amide bonds. The maximum atomic E-state index is 11.1. The predicted octanol–water partition coefficient (Wildman–Crippen LogP) is 3.03. The van der Waals surface area contributed by atoms with Gasteiger partial charge in [0.15, 0.2) is 23.0 Å². The van der Waals surface area contributed by atoms with Gasteiger partial charge in [0.2, 0.25) is 0 Å². The Labute approximate surface area is 134 Å². The van der Waals surface area contributed by atoms with E-state index < -0.39 is 23.0 Å². The zero-order chi connectivity index (χ0) is 17.2. The van der Waals surface area contributed by atoms with Crippen molar-refractivity contribution in [1.82, 2.24) is 0 Å². The van der Waals surface area contributed by atoms with Crippen LogP contribution in [0, 0.1) is 0 Å². The minimum Gasteiger partial charge on any atom is -0.504 e. The van der Waals surface area contributed by atoms with Crippen molar-refractivity contribution in [3.8, 4) is 23.0 Å². The highest BCUT2D eigenvalue weighted by molar-refractivity contribution is 6.30. The number of phenolic OH excluding ortho intramolecular Hbond substituents is 4. The van der Waals surface area contributed by atoms with E-state index in [4.69, 9.17) is 0 Å². The van der Waals surface area contributed by atoms with E-state index in [-0.39, 0.29) is 32.7 Å². The van der Waals surface area contributed by atoms with Gasteiger partial charge in [-0.25, -0.2) is 0 Å². The molecule has 0 fully saturated rings. The second-order valence-corrected chi connectivity index (χ2v) is 5.61. The SMILES string of the molecule is O=Cc1cc2c(O)c(O)c3cc(C=O)cc4c(O)c(O)c(c1)c2c34. The van der Waals surface area contributed by atoms with Crippen molar-refractivity contribution < 1.29 is 30.0 Å². The summed E-state index contributed by atoms with van der Waals surface area (Å²) in [6.07, 6.45) is 1.07. The van der Waals surface area contributed by atoms with Crippen LogP contribution >= 0.6 is 0 Å². The lowest BCUT2D eigenvalue weighted by Gasteiger charge is -2.17. The number of carbonyl (C=O) groups is 2. The fraction of sp³-hybridized carbons (Fsp3) is 0. The summed E-state index contributed by atoms with van der Waals surface area (Å²) in [7, 11) is 0. The average molecular weight is 322 g/mol. The molecule has 6 heteroatoms. The molecule has 0 bridgehead atoms. The minimum absolute atomic E-state index is 0.166. The van der Waals surface area contributed by atoms with Gasteiger partial charge in [-0.15, -0.1) is 0 Å². The molecule has 0 atom stereocenters. The second-order valence-electron chi connectivity index (χ2n) is 5.61. The van der Waals surface area contributed by atoms with Gasteiger partial charge < -0.3 is 20.4 Å². The van der Waals surface area contributed by atoms with E-state index in [2.05, 4.69) is 0 Å². The molecule has 0 aliphatic rings. The maximum Gasteiger partial charge on any atom is 0.166 e. The second kappa shape index (κ2) is 4.48. The summed E-state index contributed by atoms with van der Waals surface area (Å²) in [4.78, 5) is 22.2. The van der Waals surface area contributed by atoms with Crippen LogP contribution in [0.3, 0.4) is 0 Å². The predicted molar refractivity (Wildman–Crippen MR) is 87.6 cm³/mol. The molecule has 0 aliphatic heterocycles. The lowest BCUT2D eigenvalue weighted by atomic mass is 9.89. The summed E-state index contributed by atoms with van der Waals surface area (Å²) in [5.41, 5.74) is 0.331. The number of aldehydes is 2. The molecule has 6 nitrogen and oxygen atoms in total. The van der Waals surface area contributed by atoms with Crippen molar-refractivity contribution in [2.45, 2.75) is 0 Å². The molecule has 0 saturated heterocycles. The third-order valence-electron chi connectivity index (χ3n) is 4.31. The molecule has 4 rings (SSSR count). The van der Waals surface area contributed by atoms with Crippen molar-refractivity contribution in [3.05, 3.63) is 35.4 Å². The van der Waals surface area contributed by atoms with Gasteiger partial charge in [0.25, 0.3) is 0 Å². The fourth-order valence-corrected chi connectivity index (χ4v) is 3.26. The summed E-state index contributed by atoms with van der Waals surface area (Å²) in [5.74, 6) is -1.87. The van der Waals surface area contributed by atoms with Gasteiger partial charge >= 0.3 is 0 Å². The Hall–Kier alpha value is -3.54. The van der Waals surface area contributed by atoms with Crippen LogP contribution in [0.25, 0.3) is 32.3 Å². The summed E-state index contributed by atoms with van der Waals surface area (Å²) in [6.45, 7) is 0. The first-order valence-corrected chi connectivity index (χ1v) is 7.00. The quantitative estimate of drug-likeness (QED) is 0.256. The van der Waals surface area contributed by atoms with Crippen molar-refractivity contribution >= 4 is 44.9 Å². The number of hydrogen-bond donors (Lipinski definition) is 4. The summed E-state index contributed by atoms with van der Waals surface area (Å²) in [6, 6.07) is 5.53. The molecule has 0 aromatic heterocycles. The topological polar surface area (TPSA) is 115 Å². The standard InChI is InChI=1S/C18H10O6/c19-5-7-1-9-13-10(2-7)17(23)18(24)12-4-8(6-20)3-11(14(12)13)16(22)15(9)21/h1-6,21-24H. The summed E-state index contributed by atoms with van der Waals surface area (Å²) < 4.78 is 0. The number of carbonyl (C=O) groups excluding carboxylic acids is 2. The molecule has 0 aliphatic carbocycles. The molecule has 4 aromatic carbocycles. The Kier molecular flexibility index (Phi) is 2.63. The Morgan fingerprint density at radius 1 is 0.542 bits per heavy atom. The smallest absolute Gasteiger partial charge is 0.166 e. The monoisotopic (exact) mass is 322 g/mol. The van der Waals surface area contributed by atoms with Crippen molar-refractivity contribution in [2.24, 2.45) is 0 Å². The third kappa shape index (κ3) is 1.54. The zero-order valence-electron chi connectivity index (χ0n) is 12.1. The first-order chi connectivity index (χ1) is 11.5. The maximum absolute atomic E-state index is 11.1. The van der Waals surface area contributed by atoms with Gasteiger partial charge in [-0.3, -0.25) is 9.59 Å². The van der Waals surface area contributed by atoms with Crippen LogP contribution in [-0.2, 0) is 0 Å². The van der Waals surface area contributed by atoms with E-state index >= 15 is 0 Å². The van der Waals surface area contributed by atoms with Crippen LogP contribution in [0.1, 0.15) is 20.7 Å². The molecule has 4 aromatic rings. The number of hydrogen-bond acceptors (Lipinski definition) is 6. The Bertz CT molecular complexity index is 1000. The van der Waals surface area contributed by atoms with Crippen LogP contribution in [0.4, 0.5) is 0 Å². The third-order valence-corrected chi connectivity index (χ3v) is 4.31. The number of phenols is 4. The van der Waals surface area contributed by atoms with Crippen molar-refractivity contribution in [2.75, 3.05) is 0 Å². The summed E-state index contributed by atoms with van der Waals surface area (Å²) in [5, 5.41) is 42.7. The van der Waals surface area contributed by atoms with Crippen LogP contribution < -0.4 is 0 Å². The van der Waals surface area contributed by atoms with Gasteiger partial charge in [-0.1, -0.05) is 0 Å². The molecular weight excluding hydrogens is 312 g/mol. The lowest BCUT2D eigenvalue weighted by Crippen LogP contribution is -1.92. The fourth-order valence-electron chi connectivity index (χ4n) is 3.26. The van der Waals surface area contributed by atoms with E-state index in [1.54, 1.807) is 0 Å². The molecule has 24 heavy (non-hydrogen) atoms. The molecule has 4 N–H and O–H groups in total. The van der Waals surface area contributed by atoms with E-state index in [9.17, 15) is 30.0 Å². The molecule has 0 radical (unpaired) electrons. The van der Waals surface area contributed by atoms with Crippen LogP contribution in [0.2, 0.25) is 0 Å². The van der Waals surface area contributed by atoms with E-state index in [0.29, 0.717) is 23.3 Å². The number of benzene rings is 4. The molecular formula is C18H10O6. The zero-order valence-corrected chi connectivity index (χ0v) is 12.1. The van der Waals surface area contributed by atoms with Gasteiger partial charge in [-0.2, -0.15) is 0 Å². The molecule has 0 saturated carbocycles. The highest BCUT2D eigenvalue weighted by Gasteiger charge is 2.23. The Balaban J connectivity index is 2.47. The van der Waals surface area contributed by atoms with Gasteiger partial charge in [0, 0.05) is 43.4 Å². The lowest BCUT2D eigenvalue weighted by molar-refractivity contribution is 0.111. The first-order valence-electron chi connectivity index (χ1n) is 7.00. The Morgan fingerprint density at radius 3 is 1.00 bits per heavy atom. The Morgan fingerprint density at radius 2 is 0.792 bits per heavy atom.